The fraction of sp³-hybridized carbons (Fsp3) is 0.857. The van der Waals surface area contributed by atoms with Gasteiger partial charge in [-0.3, -0.25) is 0 Å². The lowest BCUT2D eigenvalue weighted by Crippen LogP contribution is -2.41. The summed E-state index contributed by atoms with van der Waals surface area (Å²) in [5.41, 5.74) is -4.21. The van der Waals surface area contributed by atoms with Gasteiger partial charge in [0, 0.05) is 0 Å². The fourth-order valence-corrected chi connectivity index (χ4v) is 2.86. The lowest BCUT2D eigenvalue weighted by atomic mass is 9.86. The van der Waals surface area contributed by atoms with E-state index in [2.05, 4.69) is 9.78 Å². The SMILES string of the molecule is O=C(OOC(=O)C1(F)CCCCC1)C1(F)CCCCC1. The summed E-state index contributed by atoms with van der Waals surface area (Å²) >= 11 is 0. The van der Waals surface area contributed by atoms with Crippen LogP contribution < -0.4 is 0 Å². The molecule has 0 aliphatic heterocycles. The molecule has 6 heteroatoms. The molecule has 0 spiro atoms. The summed E-state index contributed by atoms with van der Waals surface area (Å²) in [6, 6.07) is 0. The van der Waals surface area contributed by atoms with Crippen LogP contribution in [0.4, 0.5) is 8.78 Å². The molecular weight excluding hydrogens is 270 g/mol. The van der Waals surface area contributed by atoms with Crippen LogP contribution in [0.3, 0.4) is 0 Å². The molecule has 0 aromatic rings. The van der Waals surface area contributed by atoms with Crippen molar-refractivity contribution in [3.63, 3.8) is 0 Å². The monoisotopic (exact) mass is 290 g/mol. The highest BCUT2D eigenvalue weighted by Crippen LogP contribution is 2.35. The standard InChI is InChI=1S/C14H20F2O4/c15-13(7-3-1-4-8-13)11(17)19-20-12(18)14(16)9-5-2-6-10-14/h1-10H2. The van der Waals surface area contributed by atoms with Crippen LogP contribution in [-0.4, -0.2) is 23.3 Å². The Bertz CT molecular complexity index is 335. The molecule has 0 bridgehead atoms. The molecular formula is C14H20F2O4. The number of hydrogen-bond acceptors (Lipinski definition) is 4. The molecule has 0 N–H and O–H groups in total. The molecule has 2 rings (SSSR count). The van der Waals surface area contributed by atoms with Crippen LogP contribution in [0.2, 0.25) is 0 Å². The minimum Gasteiger partial charge on any atom is -0.244 e. The second kappa shape index (κ2) is 6.06. The third-order valence-corrected chi connectivity index (χ3v) is 4.22. The lowest BCUT2D eigenvalue weighted by molar-refractivity contribution is -0.276. The van der Waals surface area contributed by atoms with Crippen molar-refractivity contribution in [1.82, 2.24) is 0 Å². The Balaban J connectivity index is 1.84. The second-order valence-corrected chi connectivity index (χ2v) is 5.79. The van der Waals surface area contributed by atoms with E-state index in [-0.39, 0.29) is 25.7 Å². The van der Waals surface area contributed by atoms with E-state index in [4.69, 9.17) is 0 Å². The van der Waals surface area contributed by atoms with Gasteiger partial charge < -0.3 is 0 Å². The number of alkyl halides is 2. The van der Waals surface area contributed by atoms with E-state index in [0.717, 1.165) is 12.8 Å². The lowest BCUT2D eigenvalue weighted by Gasteiger charge is -2.28. The van der Waals surface area contributed by atoms with Crippen molar-refractivity contribution < 1.29 is 28.1 Å². The second-order valence-electron chi connectivity index (χ2n) is 5.79. The average Bonchev–Trinajstić information content (AvgIpc) is 2.46. The minimum absolute atomic E-state index is 0.0597. The number of halogens is 2. The zero-order valence-corrected chi connectivity index (χ0v) is 11.5. The summed E-state index contributed by atoms with van der Waals surface area (Å²) in [6.07, 6.45) is 4.33. The molecule has 0 heterocycles. The molecule has 4 nitrogen and oxygen atoms in total. The Kier molecular flexibility index (Phi) is 4.60. The van der Waals surface area contributed by atoms with E-state index >= 15 is 0 Å². The first-order valence-corrected chi connectivity index (χ1v) is 7.28. The highest BCUT2D eigenvalue weighted by molar-refractivity contribution is 5.82. The first-order chi connectivity index (χ1) is 9.46. The summed E-state index contributed by atoms with van der Waals surface area (Å²) in [4.78, 5) is 31.8. The van der Waals surface area contributed by atoms with Crippen LogP contribution in [0.25, 0.3) is 0 Å². The first-order valence-electron chi connectivity index (χ1n) is 7.28. The summed E-state index contributed by atoms with van der Waals surface area (Å²) in [7, 11) is 0. The van der Waals surface area contributed by atoms with Crippen molar-refractivity contribution in [1.29, 1.82) is 0 Å². The van der Waals surface area contributed by atoms with E-state index < -0.39 is 23.3 Å². The van der Waals surface area contributed by atoms with Gasteiger partial charge >= 0.3 is 11.9 Å². The molecule has 0 aromatic carbocycles. The summed E-state index contributed by atoms with van der Waals surface area (Å²) in [5, 5.41) is 0. The Morgan fingerprint density at radius 3 is 1.25 bits per heavy atom. The number of carbonyl (C=O) groups excluding carboxylic acids is 2. The third-order valence-electron chi connectivity index (χ3n) is 4.22. The third kappa shape index (κ3) is 3.27. The Labute approximate surface area is 116 Å². The first kappa shape index (κ1) is 15.2. The number of rotatable bonds is 2. The van der Waals surface area contributed by atoms with Crippen LogP contribution in [0.1, 0.15) is 64.2 Å². The van der Waals surface area contributed by atoms with Crippen molar-refractivity contribution in [3.8, 4) is 0 Å². The maximum atomic E-state index is 14.2. The van der Waals surface area contributed by atoms with Gasteiger partial charge in [0.25, 0.3) is 0 Å². The summed E-state index contributed by atoms with van der Waals surface area (Å²) in [5.74, 6) is -2.44. The fourth-order valence-electron chi connectivity index (χ4n) is 2.86. The zero-order valence-electron chi connectivity index (χ0n) is 11.5. The van der Waals surface area contributed by atoms with Gasteiger partial charge in [0.05, 0.1) is 0 Å². The predicted molar refractivity (Wildman–Crippen MR) is 66.0 cm³/mol. The maximum Gasteiger partial charge on any atom is 0.392 e. The molecule has 2 aliphatic rings. The molecule has 2 aliphatic carbocycles. The molecule has 2 fully saturated rings. The Morgan fingerprint density at radius 2 is 0.950 bits per heavy atom. The molecule has 0 radical (unpaired) electrons. The molecule has 20 heavy (non-hydrogen) atoms. The van der Waals surface area contributed by atoms with Gasteiger partial charge in [-0.05, 0) is 51.4 Å². The molecule has 0 amide bonds. The predicted octanol–water partition coefficient (Wildman–Crippen LogP) is 3.33. The van der Waals surface area contributed by atoms with Crippen LogP contribution in [-0.2, 0) is 19.4 Å². The summed E-state index contributed by atoms with van der Waals surface area (Å²) in [6.45, 7) is 0. The highest BCUT2D eigenvalue weighted by atomic mass is 19.1. The Hall–Kier alpha value is -1.20. The normalized spacial score (nSPS) is 24.7. The van der Waals surface area contributed by atoms with Crippen molar-refractivity contribution in [2.45, 2.75) is 75.5 Å². The summed E-state index contributed by atoms with van der Waals surface area (Å²) < 4.78 is 28.4. The van der Waals surface area contributed by atoms with E-state index in [1.807, 2.05) is 0 Å². The molecule has 114 valence electrons. The number of carbonyl (C=O) groups is 2. The van der Waals surface area contributed by atoms with Crippen molar-refractivity contribution in [2.24, 2.45) is 0 Å². The maximum absolute atomic E-state index is 14.2. The topological polar surface area (TPSA) is 52.6 Å². The molecule has 0 atom stereocenters. The Morgan fingerprint density at radius 1 is 0.650 bits per heavy atom. The van der Waals surface area contributed by atoms with Gasteiger partial charge in [-0.2, -0.15) is 0 Å². The van der Waals surface area contributed by atoms with E-state index in [0.29, 0.717) is 25.7 Å². The van der Waals surface area contributed by atoms with Gasteiger partial charge in [-0.15, -0.1) is 0 Å². The van der Waals surface area contributed by atoms with Crippen LogP contribution in [0.5, 0.6) is 0 Å². The van der Waals surface area contributed by atoms with Gasteiger partial charge in [0.2, 0.25) is 11.3 Å². The largest absolute Gasteiger partial charge is 0.392 e. The van der Waals surface area contributed by atoms with E-state index in [9.17, 15) is 18.4 Å². The van der Waals surface area contributed by atoms with Crippen LogP contribution in [0, 0.1) is 0 Å². The molecule has 0 aromatic heterocycles. The van der Waals surface area contributed by atoms with Crippen molar-refractivity contribution in [3.05, 3.63) is 0 Å². The van der Waals surface area contributed by atoms with Crippen LogP contribution >= 0.6 is 0 Å². The number of hydrogen-bond donors (Lipinski definition) is 0. The van der Waals surface area contributed by atoms with Crippen LogP contribution in [0.15, 0.2) is 0 Å². The van der Waals surface area contributed by atoms with E-state index in [1.54, 1.807) is 0 Å². The smallest absolute Gasteiger partial charge is 0.244 e. The highest BCUT2D eigenvalue weighted by Gasteiger charge is 2.46. The van der Waals surface area contributed by atoms with Gasteiger partial charge in [0.15, 0.2) is 0 Å². The quantitative estimate of drug-likeness (QED) is 0.578. The average molecular weight is 290 g/mol. The van der Waals surface area contributed by atoms with Gasteiger partial charge in [-0.1, -0.05) is 12.8 Å². The molecule has 2 saturated carbocycles. The van der Waals surface area contributed by atoms with Gasteiger partial charge in [-0.25, -0.2) is 28.1 Å². The van der Waals surface area contributed by atoms with Crippen molar-refractivity contribution >= 4 is 11.9 Å². The minimum atomic E-state index is -2.10. The molecule has 0 saturated heterocycles. The van der Waals surface area contributed by atoms with Crippen molar-refractivity contribution in [2.75, 3.05) is 0 Å². The molecule has 0 unspecified atom stereocenters. The van der Waals surface area contributed by atoms with E-state index in [1.165, 1.54) is 0 Å². The zero-order chi connectivity index (χ0) is 14.6. The van der Waals surface area contributed by atoms with Gasteiger partial charge in [0.1, 0.15) is 0 Å².